The average Bonchev–Trinajstić information content (AvgIpc) is 3.24. The van der Waals surface area contributed by atoms with Gasteiger partial charge in [0.25, 0.3) is 0 Å². The lowest BCUT2D eigenvalue weighted by Gasteiger charge is -2.50. The molecule has 0 radical (unpaired) electrons. The summed E-state index contributed by atoms with van der Waals surface area (Å²) in [4.78, 5) is 26.7. The van der Waals surface area contributed by atoms with E-state index in [1.54, 1.807) is 48.5 Å². The molecule has 0 heterocycles. The van der Waals surface area contributed by atoms with Crippen LogP contribution in [0.3, 0.4) is 0 Å². The zero-order valence-electron chi connectivity index (χ0n) is 21.0. The summed E-state index contributed by atoms with van der Waals surface area (Å²) in [5.41, 5.74) is 2.76. The fourth-order valence-corrected chi connectivity index (χ4v) is 7.41. The van der Waals surface area contributed by atoms with Gasteiger partial charge >= 0.3 is 5.97 Å². The normalized spacial score (nSPS) is 28.1. The maximum Gasteiger partial charge on any atom is 0.343 e. The Bertz CT molecular complexity index is 1350. The predicted molar refractivity (Wildman–Crippen MR) is 140 cm³/mol. The largest absolute Gasteiger partial charge is 0.504 e. The fourth-order valence-electron chi connectivity index (χ4n) is 7.41. The topological polar surface area (TPSA) is 83.8 Å². The SMILES string of the molecule is C[C@]12CC[C@@H]3c4cc(C(=O)c5ccccc5)c(OC(=O)c5ccccc5)c(O)c4CC[C@H]3[C@@H]1CC[C@@H]2O. The average molecular weight is 497 g/mol. The lowest BCUT2D eigenvalue weighted by atomic mass is 9.55. The molecule has 3 aromatic rings. The smallest absolute Gasteiger partial charge is 0.343 e. The van der Waals surface area contributed by atoms with Crippen LogP contribution in [-0.2, 0) is 6.42 Å². The number of rotatable bonds is 4. The maximum atomic E-state index is 13.7. The molecule has 3 aliphatic rings. The van der Waals surface area contributed by atoms with Gasteiger partial charge in [0.1, 0.15) is 0 Å². The zero-order chi connectivity index (χ0) is 25.7. The van der Waals surface area contributed by atoms with E-state index in [0.717, 1.165) is 43.2 Å². The minimum Gasteiger partial charge on any atom is -0.504 e. The van der Waals surface area contributed by atoms with Crippen LogP contribution in [0.25, 0.3) is 0 Å². The van der Waals surface area contributed by atoms with Crippen LogP contribution in [0.2, 0.25) is 0 Å². The van der Waals surface area contributed by atoms with Crippen molar-refractivity contribution in [3.05, 3.63) is 94.5 Å². The van der Waals surface area contributed by atoms with E-state index < -0.39 is 5.97 Å². The molecule has 3 aromatic carbocycles. The van der Waals surface area contributed by atoms with E-state index in [1.165, 1.54) is 0 Å². The summed E-state index contributed by atoms with van der Waals surface area (Å²) >= 11 is 0. The Balaban J connectivity index is 1.45. The number of benzene rings is 3. The highest BCUT2D eigenvalue weighted by Gasteiger charge is 2.54. The first kappa shape index (κ1) is 23.9. The molecule has 2 saturated carbocycles. The van der Waals surface area contributed by atoms with Crippen LogP contribution in [0.5, 0.6) is 11.5 Å². The van der Waals surface area contributed by atoms with Gasteiger partial charge in [-0.2, -0.15) is 0 Å². The number of hydrogen-bond donors (Lipinski definition) is 2. The van der Waals surface area contributed by atoms with E-state index >= 15 is 0 Å². The molecule has 5 nitrogen and oxygen atoms in total. The quantitative estimate of drug-likeness (QED) is 0.261. The Labute approximate surface area is 217 Å². The molecule has 0 aromatic heterocycles. The number of phenols is 1. The first-order valence-corrected chi connectivity index (χ1v) is 13.3. The van der Waals surface area contributed by atoms with Gasteiger partial charge in [-0.25, -0.2) is 4.79 Å². The minimum absolute atomic E-state index is 0.0585. The Morgan fingerprint density at radius 3 is 2.30 bits per heavy atom. The summed E-state index contributed by atoms with van der Waals surface area (Å²) in [7, 11) is 0. The van der Waals surface area contributed by atoms with Gasteiger partial charge in [0, 0.05) is 11.1 Å². The van der Waals surface area contributed by atoms with E-state index in [-0.39, 0.29) is 40.3 Å². The van der Waals surface area contributed by atoms with Crippen LogP contribution in [0.4, 0.5) is 0 Å². The minimum atomic E-state index is -0.611. The van der Waals surface area contributed by atoms with Crippen LogP contribution in [0.1, 0.15) is 82.4 Å². The molecular weight excluding hydrogens is 464 g/mol. The van der Waals surface area contributed by atoms with E-state index in [2.05, 4.69) is 6.92 Å². The van der Waals surface area contributed by atoms with Crippen molar-refractivity contribution >= 4 is 11.8 Å². The van der Waals surface area contributed by atoms with Crippen molar-refractivity contribution < 1.29 is 24.5 Å². The van der Waals surface area contributed by atoms with Crippen LogP contribution in [0.15, 0.2) is 66.7 Å². The summed E-state index contributed by atoms with van der Waals surface area (Å²) in [6.45, 7) is 2.23. The second kappa shape index (κ2) is 9.14. The molecule has 5 heteroatoms. The zero-order valence-corrected chi connectivity index (χ0v) is 21.0. The third-order valence-corrected chi connectivity index (χ3v) is 9.39. The van der Waals surface area contributed by atoms with Crippen molar-refractivity contribution in [1.29, 1.82) is 0 Å². The number of phenolic OH excluding ortho intramolecular Hbond substituents is 1. The molecule has 0 aliphatic heterocycles. The van der Waals surface area contributed by atoms with Gasteiger partial charge in [-0.05, 0) is 85.5 Å². The second-order valence-corrected chi connectivity index (χ2v) is 11.2. The van der Waals surface area contributed by atoms with Gasteiger partial charge < -0.3 is 14.9 Å². The first-order chi connectivity index (χ1) is 17.9. The van der Waals surface area contributed by atoms with Gasteiger partial charge in [-0.3, -0.25) is 4.79 Å². The number of carbonyl (C=O) groups is 2. The number of hydrogen-bond acceptors (Lipinski definition) is 5. The molecule has 0 saturated heterocycles. The van der Waals surface area contributed by atoms with Crippen molar-refractivity contribution in [3.8, 4) is 11.5 Å². The number of aliphatic hydroxyl groups excluding tert-OH is 1. The highest BCUT2D eigenvalue weighted by atomic mass is 16.5. The van der Waals surface area contributed by atoms with Crippen LogP contribution in [0, 0.1) is 17.3 Å². The molecule has 0 amide bonds. The van der Waals surface area contributed by atoms with Crippen molar-refractivity contribution in [1.82, 2.24) is 0 Å². The lowest BCUT2D eigenvalue weighted by molar-refractivity contribution is -0.0227. The molecule has 0 spiro atoms. The molecule has 5 atom stereocenters. The Morgan fingerprint density at radius 2 is 1.59 bits per heavy atom. The van der Waals surface area contributed by atoms with Gasteiger partial charge in [0.05, 0.1) is 17.2 Å². The Hall–Kier alpha value is -3.44. The number of esters is 1. The molecule has 190 valence electrons. The summed E-state index contributed by atoms with van der Waals surface area (Å²) in [5, 5.41) is 22.2. The molecule has 0 unspecified atom stereocenters. The maximum absolute atomic E-state index is 13.7. The number of carbonyl (C=O) groups excluding carboxylic acids is 2. The molecule has 0 bridgehead atoms. The van der Waals surface area contributed by atoms with Crippen LogP contribution < -0.4 is 4.74 Å². The summed E-state index contributed by atoms with van der Waals surface area (Å²) < 4.78 is 5.76. The van der Waals surface area contributed by atoms with Gasteiger partial charge in [0.2, 0.25) is 0 Å². The summed E-state index contributed by atoms with van der Waals surface area (Å²) in [5.74, 6) is -0.00962. The van der Waals surface area contributed by atoms with Crippen molar-refractivity contribution in [3.63, 3.8) is 0 Å². The Kier molecular flexibility index (Phi) is 5.91. The molecule has 37 heavy (non-hydrogen) atoms. The number of aromatic hydroxyl groups is 1. The summed E-state index contributed by atoms with van der Waals surface area (Å²) in [6, 6.07) is 19.4. The lowest BCUT2D eigenvalue weighted by Crippen LogP contribution is -2.44. The van der Waals surface area contributed by atoms with Gasteiger partial charge in [-0.15, -0.1) is 0 Å². The number of fused-ring (bicyclic) bond motifs is 5. The second-order valence-electron chi connectivity index (χ2n) is 11.2. The van der Waals surface area contributed by atoms with E-state index in [4.69, 9.17) is 4.74 Å². The Morgan fingerprint density at radius 1 is 0.919 bits per heavy atom. The number of ether oxygens (including phenoxy) is 1. The molecule has 2 N–H and O–H groups in total. The third-order valence-electron chi connectivity index (χ3n) is 9.39. The van der Waals surface area contributed by atoms with Gasteiger partial charge in [-0.1, -0.05) is 55.5 Å². The van der Waals surface area contributed by atoms with E-state index in [9.17, 15) is 19.8 Å². The summed E-state index contributed by atoms with van der Waals surface area (Å²) in [6.07, 6.45) is 4.99. The van der Waals surface area contributed by atoms with Crippen LogP contribution >= 0.6 is 0 Å². The molecular formula is C32H32O5. The molecule has 6 rings (SSSR count). The first-order valence-electron chi connectivity index (χ1n) is 13.3. The highest BCUT2D eigenvalue weighted by Crippen LogP contribution is 2.62. The standard InChI is InChI=1S/C32H32O5/c1-32-17-16-21-22(26(32)14-15-27(32)33)12-13-23-24(21)18-25(28(34)19-8-4-2-5-9-19)30(29(23)35)37-31(36)20-10-6-3-7-11-20/h2-11,18,21-22,26-27,33,35H,12-17H2,1H3/t21-,22+,26-,27-,32-/m0/s1. The number of aliphatic hydroxyl groups is 1. The van der Waals surface area contributed by atoms with E-state index in [1.807, 2.05) is 18.2 Å². The third kappa shape index (κ3) is 3.88. The van der Waals surface area contributed by atoms with Crippen molar-refractivity contribution in [2.45, 2.75) is 57.5 Å². The highest BCUT2D eigenvalue weighted by molar-refractivity contribution is 6.12. The van der Waals surface area contributed by atoms with Crippen molar-refractivity contribution in [2.75, 3.05) is 0 Å². The predicted octanol–water partition coefficient (Wildman–Crippen LogP) is 6.06. The number of ketones is 1. The van der Waals surface area contributed by atoms with Crippen molar-refractivity contribution in [2.24, 2.45) is 17.3 Å². The molecule has 3 aliphatic carbocycles. The fraction of sp³-hybridized carbons (Fsp3) is 0.375. The molecule has 2 fully saturated rings. The van der Waals surface area contributed by atoms with E-state index in [0.29, 0.717) is 29.4 Å². The van der Waals surface area contributed by atoms with Crippen LogP contribution in [-0.4, -0.2) is 28.1 Å². The van der Waals surface area contributed by atoms with Gasteiger partial charge in [0.15, 0.2) is 17.3 Å². The monoisotopic (exact) mass is 496 g/mol.